The van der Waals surface area contributed by atoms with Gasteiger partial charge >= 0.3 is 0 Å². The summed E-state index contributed by atoms with van der Waals surface area (Å²) in [5.74, 6) is 0.501. The van der Waals surface area contributed by atoms with Gasteiger partial charge in [0, 0.05) is 12.7 Å². The highest BCUT2D eigenvalue weighted by molar-refractivity contribution is 5.80. The molecule has 1 rings (SSSR count). The lowest BCUT2D eigenvalue weighted by atomic mass is 10.1. The van der Waals surface area contributed by atoms with E-state index in [1.165, 1.54) is 0 Å². The molecule has 0 aliphatic rings. The Morgan fingerprint density at radius 2 is 2.35 bits per heavy atom. The fourth-order valence-corrected chi connectivity index (χ4v) is 1.48. The Kier molecular flexibility index (Phi) is 4.57. The fraction of sp³-hybridized carbons (Fsp3) is 0.308. The minimum atomic E-state index is -0.535. The molecule has 0 spiro atoms. The van der Waals surface area contributed by atoms with E-state index in [4.69, 9.17) is 10.5 Å². The van der Waals surface area contributed by atoms with Crippen LogP contribution in [0.2, 0.25) is 0 Å². The highest BCUT2D eigenvalue weighted by atomic mass is 16.5. The summed E-state index contributed by atoms with van der Waals surface area (Å²) in [7, 11) is 1.58. The number of likely N-dealkylation sites (N-methyl/N-ethyl adjacent to an activating group) is 1. The Hall–Kier alpha value is -1.97. The van der Waals surface area contributed by atoms with Gasteiger partial charge in [-0.15, -0.1) is 6.58 Å². The van der Waals surface area contributed by atoms with Crippen molar-refractivity contribution in [3.8, 4) is 5.75 Å². The molecule has 4 nitrogen and oxygen atoms in total. The Morgan fingerprint density at radius 1 is 1.65 bits per heavy atom. The van der Waals surface area contributed by atoms with Gasteiger partial charge in [-0.3, -0.25) is 4.79 Å². The summed E-state index contributed by atoms with van der Waals surface area (Å²) in [6, 6.07) is 5.35. The van der Waals surface area contributed by atoms with E-state index in [0.29, 0.717) is 17.9 Å². The van der Waals surface area contributed by atoms with E-state index >= 15 is 0 Å². The molecule has 0 bridgehead atoms. The van der Waals surface area contributed by atoms with Crippen LogP contribution in [0.5, 0.6) is 5.75 Å². The first-order chi connectivity index (χ1) is 8.08. The number of hydrogen-bond acceptors (Lipinski definition) is 3. The highest BCUT2D eigenvalue weighted by Gasteiger charge is 2.14. The third-order valence-electron chi connectivity index (χ3n) is 2.37. The summed E-state index contributed by atoms with van der Waals surface area (Å²) in [6.07, 6.45) is 1.89. The second-order valence-electron chi connectivity index (χ2n) is 3.73. The fourth-order valence-electron chi connectivity index (χ4n) is 1.48. The molecule has 0 fully saturated rings. The summed E-state index contributed by atoms with van der Waals surface area (Å²) < 4.78 is 5.59. The number of carbonyl (C=O) groups is 1. The number of allylic oxidation sites excluding steroid dienone is 1. The number of nitrogen functional groups attached to an aromatic ring is 1. The SMILES string of the molecule is C=CCc1cc(N)ccc1OC(C)C(=O)NC. The Labute approximate surface area is 101 Å². The van der Waals surface area contributed by atoms with Gasteiger partial charge in [0.05, 0.1) is 0 Å². The number of rotatable bonds is 5. The summed E-state index contributed by atoms with van der Waals surface area (Å²) in [6.45, 7) is 5.38. The van der Waals surface area contributed by atoms with Crippen LogP contribution in [0.3, 0.4) is 0 Å². The number of nitrogens with two attached hydrogens (primary N) is 1. The third kappa shape index (κ3) is 3.52. The van der Waals surface area contributed by atoms with Gasteiger partial charge in [-0.1, -0.05) is 6.08 Å². The molecule has 17 heavy (non-hydrogen) atoms. The smallest absolute Gasteiger partial charge is 0.260 e. The van der Waals surface area contributed by atoms with Crippen molar-refractivity contribution in [2.24, 2.45) is 0 Å². The molecule has 0 saturated carbocycles. The molecule has 0 saturated heterocycles. The molecular formula is C13H18N2O2. The predicted octanol–water partition coefficient (Wildman–Crippen LogP) is 1.51. The highest BCUT2D eigenvalue weighted by Crippen LogP contribution is 2.23. The molecule has 3 N–H and O–H groups in total. The van der Waals surface area contributed by atoms with Gasteiger partial charge in [0.2, 0.25) is 0 Å². The van der Waals surface area contributed by atoms with Crippen LogP contribution in [0.4, 0.5) is 5.69 Å². The zero-order valence-corrected chi connectivity index (χ0v) is 10.2. The van der Waals surface area contributed by atoms with Crippen molar-refractivity contribution in [2.45, 2.75) is 19.4 Å². The van der Waals surface area contributed by atoms with E-state index in [2.05, 4.69) is 11.9 Å². The van der Waals surface area contributed by atoms with Crippen molar-refractivity contribution in [3.05, 3.63) is 36.4 Å². The topological polar surface area (TPSA) is 64.3 Å². The molecule has 0 aliphatic carbocycles. The molecule has 92 valence electrons. The van der Waals surface area contributed by atoms with Crippen LogP contribution in [0.15, 0.2) is 30.9 Å². The van der Waals surface area contributed by atoms with Crippen molar-refractivity contribution in [2.75, 3.05) is 12.8 Å². The first kappa shape index (κ1) is 13.1. The van der Waals surface area contributed by atoms with Crippen LogP contribution < -0.4 is 15.8 Å². The van der Waals surface area contributed by atoms with E-state index in [1.54, 1.807) is 32.2 Å². The maximum absolute atomic E-state index is 11.4. The molecule has 0 heterocycles. The van der Waals surface area contributed by atoms with Crippen LogP contribution in [-0.2, 0) is 11.2 Å². The number of hydrogen-bond donors (Lipinski definition) is 2. The second kappa shape index (κ2) is 5.94. The van der Waals surface area contributed by atoms with Crippen LogP contribution in [0, 0.1) is 0 Å². The molecular weight excluding hydrogens is 216 g/mol. The maximum atomic E-state index is 11.4. The quantitative estimate of drug-likeness (QED) is 0.599. The number of carbonyl (C=O) groups excluding carboxylic acids is 1. The van der Waals surface area contributed by atoms with Crippen LogP contribution in [-0.4, -0.2) is 19.1 Å². The first-order valence-corrected chi connectivity index (χ1v) is 5.46. The lowest BCUT2D eigenvalue weighted by molar-refractivity contribution is -0.126. The van der Waals surface area contributed by atoms with Crippen molar-refractivity contribution >= 4 is 11.6 Å². The van der Waals surface area contributed by atoms with E-state index < -0.39 is 6.10 Å². The third-order valence-corrected chi connectivity index (χ3v) is 2.37. The standard InChI is InChI=1S/C13H18N2O2/c1-4-5-10-8-11(14)6-7-12(10)17-9(2)13(16)15-3/h4,6-9H,1,5,14H2,2-3H3,(H,15,16). The van der Waals surface area contributed by atoms with Gasteiger partial charge in [0.15, 0.2) is 6.10 Å². The summed E-state index contributed by atoms with van der Waals surface area (Å²) in [5, 5.41) is 2.54. The van der Waals surface area contributed by atoms with E-state index in [0.717, 1.165) is 5.56 Å². The van der Waals surface area contributed by atoms with Gasteiger partial charge in [-0.2, -0.15) is 0 Å². The first-order valence-electron chi connectivity index (χ1n) is 5.46. The van der Waals surface area contributed by atoms with Crippen molar-refractivity contribution in [1.82, 2.24) is 5.32 Å². The molecule has 0 aromatic heterocycles. The Bertz CT molecular complexity index is 416. The zero-order chi connectivity index (χ0) is 12.8. The molecule has 1 aromatic rings. The molecule has 4 heteroatoms. The average molecular weight is 234 g/mol. The van der Waals surface area contributed by atoms with Crippen molar-refractivity contribution in [3.63, 3.8) is 0 Å². The van der Waals surface area contributed by atoms with E-state index in [-0.39, 0.29) is 5.91 Å². The lowest BCUT2D eigenvalue weighted by Gasteiger charge is -2.16. The molecule has 0 radical (unpaired) electrons. The van der Waals surface area contributed by atoms with Gasteiger partial charge in [0.1, 0.15) is 5.75 Å². The van der Waals surface area contributed by atoms with Crippen LogP contribution in [0.25, 0.3) is 0 Å². The van der Waals surface area contributed by atoms with Gasteiger partial charge in [0.25, 0.3) is 5.91 Å². The van der Waals surface area contributed by atoms with Crippen LogP contribution >= 0.6 is 0 Å². The summed E-state index contributed by atoms with van der Waals surface area (Å²) >= 11 is 0. The van der Waals surface area contributed by atoms with Gasteiger partial charge in [-0.25, -0.2) is 0 Å². The van der Waals surface area contributed by atoms with E-state index in [1.807, 2.05) is 6.07 Å². The molecule has 1 amide bonds. The molecule has 1 aromatic carbocycles. The van der Waals surface area contributed by atoms with Crippen molar-refractivity contribution < 1.29 is 9.53 Å². The number of anilines is 1. The van der Waals surface area contributed by atoms with Gasteiger partial charge in [-0.05, 0) is 37.1 Å². The Balaban J connectivity index is 2.89. The molecule has 1 atom stereocenters. The minimum Gasteiger partial charge on any atom is -0.481 e. The van der Waals surface area contributed by atoms with Crippen LogP contribution in [0.1, 0.15) is 12.5 Å². The normalized spacial score (nSPS) is 11.6. The average Bonchev–Trinajstić information content (AvgIpc) is 2.31. The molecule has 1 unspecified atom stereocenters. The second-order valence-corrected chi connectivity index (χ2v) is 3.73. The van der Waals surface area contributed by atoms with Gasteiger partial charge < -0.3 is 15.8 Å². The van der Waals surface area contributed by atoms with E-state index in [9.17, 15) is 4.79 Å². The summed E-state index contributed by atoms with van der Waals surface area (Å²) in [5.41, 5.74) is 7.30. The molecule has 0 aliphatic heterocycles. The number of nitrogens with one attached hydrogen (secondary N) is 1. The maximum Gasteiger partial charge on any atom is 0.260 e. The zero-order valence-electron chi connectivity index (χ0n) is 10.2. The monoisotopic (exact) mass is 234 g/mol. The largest absolute Gasteiger partial charge is 0.481 e. The Morgan fingerprint density at radius 3 is 2.94 bits per heavy atom. The number of amides is 1. The lowest BCUT2D eigenvalue weighted by Crippen LogP contribution is -2.33. The predicted molar refractivity (Wildman–Crippen MR) is 68.9 cm³/mol. The summed E-state index contributed by atoms with van der Waals surface area (Å²) in [4.78, 5) is 11.4. The minimum absolute atomic E-state index is 0.161. The van der Waals surface area contributed by atoms with Crippen molar-refractivity contribution in [1.29, 1.82) is 0 Å². The number of benzene rings is 1. The number of ether oxygens (including phenoxy) is 1.